The third-order valence-electron chi connectivity index (χ3n) is 4.71. The van der Waals surface area contributed by atoms with E-state index in [1.54, 1.807) is 0 Å². The van der Waals surface area contributed by atoms with Gasteiger partial charge in [-0.1, -0.05) is 41.5 Å². The van der Waals surface area contributed by atoms with Gasteiger partial charge in [0.15, 0.2) is 0 Å². The Hall–Kier alpha value is -0.790. The third-order valence-corrected chi connectivity index (χ3v) is 4.71. The van der Waals surface area contributed by atoms with Gasteiger partial charge in [-0.05, 0) is 51.4 Å². The number of nitrogens with zero attached hydrogens (tertiary/aromatic N) is 2. The SMILES string of the molecule is Cc1c(C)[n+](C(C)(C)CC(C)(C)C)cn1C(C)(C)CC(C)(C)C. The summed E-state index contributed by atoms with van der Waals surface area (Å²) in [6.45, 7) is 28.0. The monoisotopic (exact) mass is 321 g/mol. The summed E-state index contributed by atoms with van der Waals surface area (Å²) in [5.74, 6) is 0. The predicted molar refractivity (Wildman–Crippen MR) is 101 cm³/mol. The third kappa shape index (κ3) is 5.09. The number of hydrogen-bond donors (Lipinski definition) is 0. The highest BCUT2D eigenvalue weighted by Gasteiger charge is 2.39. The second-order valence-corrected chi connectivity index (χ2v) is 11.1. The molecule has 1 rings (SSSR count). The average Bonchev–Trinajstić information content (AvgIpc) is 2.49. The van der Waals surface area contributed by atoms with Crippen LogP contribution >= 0.6 is 0 Å². The molecular weight excluding hydrogens is 280 g/mol. The minimum absolute atomic E-state index is 0.121. The second kappa shape index (κ2) is 5.93. The van der Waals surface area contributed by atoms with E-state index < -0.39 is 0 Å². The van der Waals surface area contributed by atoms with Crippen LogP contribution in [0.3, 0.4) is 0 Å². The molecule has 134 valence electrons. The van der Waals surface area contributed by atoms with Crippen LogP contribution in [0, 0.1) is 24.7 Å². The number of imidazole rings is 1. The van der Waals surface area contributed by atoms with Gasteiger partial charge in [0.25, 0.3) is 0 Å². The quantitative estimate of drug-likeness (QED) is 0.626. The molecule has 0 atom stereocenters. The van der Waals surface area contributed by atoms with E-state index in [1.807, 2.05) is 0 Å². The van der Waals surface area contributed by atoms with E-state index in [1.165, 1.54) is 11.4 Å². The standard InChI is InChI=1S/C21H41N2/c1-16-17(2)23(21(11,12)14-19(6,7)8)15-22(16)20(9,10)13-18(3,4)5/h15H,13-14H2,1-12H3/q+1. The Morgan fingerprint density at radius 2 is 1.22 bits per heavy atom. The largest absolute Gasteiger partial charge is 0.245 e. The number of aromatic nitrogens is 2. The lowest BCUT2D eigenvalue weighted by molar-refractivity contribution is -0.765. The number of rotatable bonds is 4. The van der Waals surface area contributed by atoms with Gasteiger partial charge in [0.05, 0.1) is 0 Å². The van der Waals surface area contributed by atoms with E-state index >= 15 is 0 Å². The smallest absolute Gasteiger partial charge is 0.229 e. The van der Waals surface area contributed by atoms with Crippen LogP contribution in [-0.4, -0.2) is 4.57 Å². The van der Waals surface area contributed by atoms with Gasteiger partial charge in [-0.25, -0.2) is 9.13 Å². The fourth-order valence-electron chi connectivity index (χ4n) is 4.62. The minimum Gasteiger partial charge on any atom is -0.229 e. The van der Waals surface area contributed by atoms with E-state index in [0.717, 1.165) is 12.8 Å². The van der Waals surface area contributed by atoms with Crippen molar-refractivity contribution in [3.05, 3.63) is 17.7 Å². The molecule has 0 aliphatic rings. The molecule has 0 radical (unpaired) electrons. The zero-order valence-corrected chi connectivity index (χ0v) is 17.9. The zero-order valence-electron chi connectivity index (χ0n) is 17.9. The first kappa shape index (κ1) is 20.3. The molecule has 0 saturated heterocycles. The van der Waals surface area contributed by atoms with Crippen LogP contribution in [0.4, 0.5) is 0 Å². The lowest BCUT2D eigenvalue weighted by atomic mass is 9.81. The molecule has 1 aromatic heterocycles. The first-order valence-corrected chi connectivity index (χ1v) is 9.08. The Balaban J connectivity index is 3.32. The summed E-state index contributed by atoms with van der Waals surface area (Å²) < 4.78 is 5.00. The molecule has 0 N–H and O–H groups in total. The molecule has 1 heterocycles. The topological polar surface area (TPSA) is 8.81 Å². The first-order valence-electron chi connectivity index (χ1n) is 9.08. The molecule has 1 aromatic rings. The van der Waals surface area contributed by atoms with Crippen molar-refractivity contribution in [1.29, 1.82) is 0 Å². The molecule has 0 amide bonds. The van der Waals surface area contributed by atoms with E-state index in [2.05, 4.69) is 98.5 Å². The van der Waals surface area contributed by atoms with E-state index in [9.17, 15) is 0 Å². The van der Waals surface area contributed by atoms with Gasteiger partial charge in [0.1, 0.15) is 22.5 Å². The van der Waals surface area contributed by atoms with Crippen molar-refractivity contribution in [2.75, 3.05) is 0 Å². The molecule has 0 aliphatic carbocycles. The minimum atomic E-state index is 0.121. The lowest BCUT2D eigenvalue weighted by Gasteiger charge is -2.31. The van der Waals surface area contributed by atoms with Gasteiger partial charge in [-0.3, -0.25) is 0 Å². The molecule has 23 heavy (non-hydrogen) atoms. The normalized spacial score (nSPS) is 14.4. The summed E-state index contributed by atoms with van der Waals surface area (Å²) in [7, 11) is 0. The maximum absolute atomic E-state index is 2.50. The van der Waals surface area contributed by atoms with Crippen molar-refractivity contribution in [2.45, 2.75) is 107 Å². The Labute approximate surface area is 145 Å². The maximum atomic E-state index is 2.50. The van der Waals surface area contributed by atoms with Gasteiger partial charge >= 0.3 is 0 Å². The van der Waals surface area contributed by atoms with Gasteiger partial charge < -0.3 is 0 Å². The van der Waals surface area contributed by atoms with E-state index in [0.29, 0.717) is 10.8 Å². The lowest BCUT2D eigenvalue weighted by Crippen LogP contribution is -2.55. The predicted octanol–water partition coefficient (Wildman–Crippen LogP) is 5.74. The molecule has 0 saturated carbocycles. The summed E-state index contributed by atoms with van der Waals surface area (Å²) in [6.07, 6.45) is 4.69. The Kier molecular flexibility index (Phi) is 5.23. The maximum Gasteiger partial charge on any atom is 0.245 e. The summed E-state index contributed by atoms with van der Waals surface area (Å²) in [6, 6.07) is 0. The molecule has 0 spiro atoms. The van der Waals surface area contributed by atoms with Crippen LogP contribution in [0.15, 0.2) is 6.33 Å². The van der Waals surface area contributed by atoms with Crippen molar-refractivity contribution < 1.29 is 4.57 Å². The van der Waals surface area contributed by atoms with Crippen LogP contribution in [0.25, 0.3) is 0 Å². The highest BCUT2D eigenvalue weighted by molar-refractivity contribution is 5.07. The van der Waals surface area contributed by atoms with Crippen molar-refractivity contribution in [3.8, 4) is 0 Å². The van der Waals surface area contributed by atoms with Gasteiger partial charge in [0.2, 0.25) is 6.33 Å². The van der Waals surface area contributed by atoms with E-state index in [-0.39, 0.29) is 11.1 Å². The first-order chi connectivity index (χ1) is 9.96. The highest BCUT2D eigenvalue weighted by Crippen LogP contribution is 2.34. The van der Waals surface area contributed by atoms with Crippen LogP contribution in [0.1, 0.15) is 93.5 Å². The van der Waals surface area contributed by atoms with Crippen molar-refractivity contribution in [3.63, 3.8) is 0 Å². The Bertz CT molecular complexity index is 497. The van der Waals surface area contributed by atoms with Gasteiger partial charge in [-0.15, -0.1) is 0 Å². The summed E-state index contributed by atoms with van der Waals surface area (Å²) in [5.41, 5.74) is 3.66. The second-order valence-electron chi connectivity index (χ2n) is 11.1. The van der Waals surface area contributed by atoms with Crippen molar-refractivity contribution >= 4 is 0 Å². The van der Waals surface area contributed by atoms with Crippen LogP contribution in [0.2, 0.25) is 0 Å². The molecule has 2 heteroatoms. The molecule has 0 fully saturated rings. The van der Waals surface area contributed by atoms with E-state index in [4.69, 9.17) is 0 Å². The van der Waals surface area contributed by atoms with Crippen molar-refractivity contribution in [2.24, 2.45) is 10.8 Å². The van der Waals surface area contributed by atoms with Gasteiger partial charge in [0, 0.05) is 13.8 Å². The van der Waals surface area contributed by atoms with Crippen molar-refractivity contribution in [1.82, 2.24) is 4.57 Å². The average molecular weight is 322 g/mol. The Morgan fingerprint density at radius 3 is 1.61 bits per heavy atom. The molecular formula is C21H41N2+. The van der Waals surface area contributed by atoms with Crippen LogP contribution in [-0.2, 0) is 11.1 Å². The van der Waals surface area contributed by atoms with Crippen LogP contribution < -0.4 is 4.57 Å². The fourth-order valence-corrected chi connectivity index (χ4v) is 4.62. The van der Waals surface area contributed by atoms with Gasteiger partial charge in [-0.2, -0.15) is 0 Å². The summed E-state index contributed by atoms with van der Waals surface area (Å²) >= 11 is 0. The van der Waals surface area contributed by atoms with Crippen LogP contribution in [0.5, 0.6) is 0 Å². The molecule has 0 bridgehead atoms. The number of hydrogen-bond acceptors (Lipinski definition) is 0. The molecule has 0 aromatic carbocycles. The Morgan fingerprint density at radius 1 is 0.783 bits per heavy atom. The fraction of sp³-hybridized carbons (Fsp3) is 0.857. The molecule has 0 unspecified atom stereocenters. The summed E-state index contributed by atoms with van der Waals surface area (Å²) in [5, 5.41) is 0. The zero-order chi connectivity index (χ0) is 18.4. The molecule has 0 aliphatic heterocycles. The highest BCUT2D eigenvalue weighted by atomic mass is 15.2. The molecule has 2 nitrogen and oxygen atoms in total. The summed E-state index contributed by atoms with van der Waals surface area (Å²) in [4.78, 5) is 0.